The van der Waals surface area contributed by atoms with Crippen molar-refractivity contribution in [3.63, 3.8) is 0 Å². The molecule has 1 fully saturated rings. The van der Waals surface area contributed by atoms with Gasteiger partial charge in [0.15, 0.2) is 0 Å². The predicted octanol–water partition coefficient (Wildman–Crippen LogP) is 4.39. The van der Waals surface area contributed by atoms with Crippen LogP contribution in [0.2, 0.25) is 0 Å². The Kier molecular flexibility index (Phi) is 5.23. The van der Waals surface area contributed by atoms with Crippen LogP contribution in [0.5, 0.6) is 0 Å². The van der Waals surface area contributed by atoms with Crippen LogP contribution in [0.15, 0.2) is 76.7 Å². The van der Waals surface area contributed by atoms with Crippen molar-refractivity contribution in [2.75, 3.05) is 6.54 Å². The van der Waals surface area contributed by atoms with Crippen LogP contribution in [0.1, 0.15) is 28.7 Å². The largest absolute Gasteiger partial charge is 0.507 e. The molecule has 0 aliphatic carbocycles. The summed E-state index contributed by atoms with van der Waals surface area (Å²) in [5.41, 5.74) is 1.28. The Labute approximate surface area is 173 Å². The summed E-state index contributed by atoms with van der Waals surface area (Å²) in [4.78, 5) is 27.1. The summed E-state index contributed by atoms with van der Waals surface area (Å²) >= 11 is 0. The summed E-state index contributed by atoms with van der Waals surface area (Å²) in [5.74, 6) is -0.995. The first-order valence-electron chi connectivity index (χ1n) is 9.60. The van der Waals surface area contributed by atoms with E-state index in [1.807, 2.05) is 0 Å². The quantitative estimate of drug-likeness (QED) is 0.388. The Balaban J connectivity index is 1.74. The number of benzene rings is 2. The van der Waals surface area contributed by atoms with Crippen LogP contribution in [-0.4, -0.2) is 28.2 Å². The van der Waals surface area contributed by atoms with E-state index in [9.17, 15) is 19.1 Å². The van der Waals surface area contributed by atoms with Gasteiger partial charge in [-0.05, 0) is 43.2 Å². The monoisotopic (exact) mass is 405 g/mol. The SMILES string of the molecule is Cc1ccc(C2/C(=C(/O)c3ccccc3)C(=O)C(=O)N2CCc2ccc(F)cc2)o1. The van der Waals surface area contributed by atoms with Crippen LogP contribution in [0, 0.1) is 12.7 Å². The lowest BCUT2D eigenvalue weighted by molar-refractivity contribution is -0.140. The number of hydrogen-bond acceptors (Lipinski definition) is 4. The van der Waals surface area contributed by atoms with E-state index in [2.05, 4.69) is 0 Å². The third-order valence-electron chi connectivity index (χ3n) is 5.17. The maximum absolute atomic E-state index is 13.2. The van der Waals surface area contributed by atoms with Gasteiger partial charge in [-0.15, -0.1) is 0 Å². The number of amides is 1. The highest BCUT2D eigenvalue weighted by atomic mass is 19.1. The molecule has 3 aromatic rings. The topological polar surface area (TPSA) is 70.8 Å². The Hall–Kier alpha value is -3.67. The molecular weight excluding hydrogens is 385 g/mol. The summed E-state index contributed by atoms with van der Waals surface area (Å²) in [6, 6.07) is 17.2. The molecule has 1 aliphatic heterocycles. The van der Waals surface area contributed by atoms with E-state index in [0.29, 0.717) is 23.5 Å². The van der Waals surface area contributed by atoms with Crippen LogP contribution in [-0.2, 0) is 16.0 Å². The van der Waals surface area contributed by atoms with Crippen molar-refractivity contribution in [3.8, 4) is 0 Å². The lowest BCUT2D eigenvalue weighted by Crippen LogP contribution is -2.31. The molecule has 1 aliphatic rings. The van der Waals surface area contributed by atoms with Gasteiger partial charge in [0.05, 0.1) is 5.57 Å². The number of Topliss-reactive ketones (excluding diaryl/α,β-unsaturated/α-hetero) is 1. The number of ketones is 1. The normalized spacial score (nSPS) is 18.2. The van der Waals surface area contributed by atoms with Gasteiger partial charge in [-0.25, -0.2) is 4.39 Å². The molecule has 1 atom stereocenters. The minimum atomic E-state index is -0.834. The van der Waals surface area contributed by atoms with E-state index in [1.54, 1.807) is 61.5 Å². The molecule has 6 heteroatoms. The number of carbonyl (C=O) groups excluding carboxylic acids is 2. The average molecular weight is 405 g/mol. The van der Waals surface area contributed by atoms with Gasteiger partial charge in [-0.2, -0.15) is 0 Å². The first kappa shape index (κ1) is 19.6. The highest BCUT2D eigenvalue weighted by Gasteiger charge is 2.47. The number of likely N-dealkylation sites (tertiary alicyclic amines) is 1. The van der Waals surface area contributed by atoms with E-state index >= 15 is 0 Å². The predicted molar refractivity (Wildman–Crippen MR) is 109 cm³/mol. The van der Waals surface area contributed by atoms with Gasteiger partial charge in [0.25, 0.3) is 11.7 Å². The second-order valence-electron chi connectivity index (χ2n) is 7.18. The van der Waals surface area contributed by atoms with Crippen LogP contribution >= 0.6 is 0 Å². The number of nitrogens with zero attached hydrogens (tertiary/aromatic N) is 1. The summed E-state index contributed by atoms with van der Waals surface area (Å²) < 4.78 is 18.9. The second-order valence-corrected chi connectivity index (χ2v) is 7.18. The van der Waals surface area contributed by atoms with Crippen molar-refractivity contribution in [3.05, 3.63) is 101 Å². The molecule has 152 valence electrons. The lowest BCUT2D eigenvalue weighted by Gasteiger charge is -2.23. The minimum absolute atomic E-state index is 0.000318. The van der Waals surface area contributed by atoms with E-state index in [-0.39, 0.29) is 23.7 Å². The molecule has 1 aromatic heterocycles. The molecule has 1 amide bonds. The summed E-state index contributed by atoms with van der Waals surface area (Å²) in [6.45, 7) is 1.98. The van der Waals surface area contributed by atoms with Crippen LogP contribution in [0.25, 0.3) is 5.76 Å². The summed E-state index contributed by atoms with van der Waals surface area (Å²) in [5, 5.41) is 10.9. The number of rotatable bonds is 5. The molecule has 1 N–H and O–H groups in total. The molecule has 4 rings (SSSR count). The van der Waals surface area contributed by atoms with Crippen molar-refractivity contribution < 1.29 is 23.5 Å². The average Bonchev–Trinajstić information content (AvgIpc) is 3.29. The highest BCUT2D eigenvalue weighted by Crippen LogP contribution is 2.40. The number of aryl methyl sites for hydroxylation is 1. The molecule has 2 aromatic carbocycles. The molecule has 0 bridgehead atoms. The number of aliphatic hydroxyl groups is 1. The van der Waals surface area contributed by atoms with Crippen LogP contribution < -0.4 is 0 Å². The van der Waals surface area contributed by atoms with Gasteiger partial charge >= 0.3 is 0 Å². The molecule has 5 nitrogen and oxygen atoms in total. The van der Waals surface area contributed by atoms with Crippen LogP contribution in [0.4, 0.5) is 4.39 Å². The molecule has 2 heterocycles. The Morgan fingerprint density at radius 3 is 2.37 bits per heavy atom. The first-order valence-corrected chi connectivity index (χ1v) is 9.60. The first-order chi connectivity index (χ1) is 14.5. The molecule has 0 saturated carbocycles. The van der Waals surface area contributed by atoms with Crippen molar-refractivity contribution in [1.29, 1.82) is 0 Å². The smallest absolute Gasteiger partial charge is 0.295 e. The number of halogens is 1. The van der Waals surface area contributed by atoms with Gasteiger partial charge in [-0.1, -0.05) is 42.5 Å². The van der Waals surface area contributed by atoms with E-state index in [1.165, 1.54) is 17.0 Å². The van der Waals surface area contributed by atoms with Crippen molar-refractivity contribution in [2.45, 2.75) is 19.4 Å². The Morgan fingerprint density at radius 1 is 1.03 bits per heavy atom. The Bertz CT molecular complexity index is 1120. The third-order valence-corrected chi connectivity index (χ3v) is 5.17. The fraction of sp³-hybridized carbons (Fsp3) is 0.167. The second kappa shape index (κ2) is 7.99. The molecule has 1 unspecified atom stereocenters. The van der Waals surface area contributed by atoms with Crippen LogP contribution in [0.3, 0.4) is 0 Å². The standard InChI is InChI=1S/C24H20FNO4/c1-15-7-12-19(30-15)21-20(22(27)17-5-3-2-4-6-17)23(28)24(29)26(21)14-13-16-8-10-18(25)11-9-16/h2-12,21,27H,13-14H2,1H3/b22-20-. The van der Waals surface area contributed by atoms with E-state index < -0.39 is 17.7 Å². The van der Waals surface area contributed by atoms with Crippen molar-refractivity contribution in [2.24, 2.45) is 0 Å². The zero-order chi connectivity index (χ0) is 21.3. The van der Waals surface area contributed by atoms with E-state index in [0.717, 1.165) is 5.56 Å². The number of aliphatic hydroxyl groups excluding tert-OH is 1. The minimum Gasteiger partial charge on any atom is -0.507 e. The zero-order valence-corrected chi connectivity index (χ0v) is 16.3. The Morgan fingerprint density at radius 2 is 1.73 bits per heavy atom. The summed E-state index contributed by atoms with van der Waals surface area (Å²) in [6.07, 6.45) is 0.425. The third kappa shape index (κ3) is 3.64. The van der Waals surface area contributed by atoms with Gasteiger partial charge in [0.2, 0.25) is 0 Å². The molecule has 1 saturated heterocycles. The van der Waals surface area contributed by atoms with Gasteiger partial charge in [-0.3, -0.25) is 9.59 Å². The van der Waals surface area contributed by atoms with Gasteiger partial charge < -0.3 is 14.4 Å². The van der Waals surface area contributed by atoms with Crippen molar-refractivity contribution >= 4 is 17.4 Å². The maximum atomic E-state index is 13.2. The molecule has 0 spiro atoms. The highest BCUT2D eigenvalue weighted by molar-refractivity contribution is 6.46. The number of hydrogen-bond donors (Lipinski definition) is 1. The maximum Gasteiger partial charge on any atom is 0.295 e. The number of furan rings is 1. The van der Waals surface area contributed by atoms with Gasteiger partial charge in [0, 0.05) is 12.1 Å². The fourth-order valence-corrected chi connectivity index (χ4v) is 3.66. The fourth-order valence-electron chi connectivity index (χ4n) is 3.66. The number of carbonyl (C=O) groups is 2. The van der Waals surface area contributed by atoms with Gasteiger partial charge in [0.1, 0.15) is 29.1 Å². The van der Waals surface area contributed by atoms with E-state index in [4.69, 9.17) is 4.42 Å². The lowest BCUT2D eigenvalue weighted by atomic mass is 9.99. The summed E-state index contributed by atoms with van der Waals surface area (Å²) in [7, 11) is 0. The van der Waals surface area contributed by atoms with Crippen molar-refractivity contribution in [1.82, 2.24) is 4.90 Å². The molecular formula is C24H20FNO4. The molecule has 0 radical (unpaired) electrons. The zero-order valence-electron chi connectivity index (χ0n) is 16.3. The molecule has 30 heavy (non-hydrogen) atoms.